The Balaban J connectivity index is 1.91. The van der Waals surface area contributed by atoms with Crippen molar-refractivity contribution in [1.29, 1.82) is 0 Å². The Hall–Kier alpha value is -2.70. The third-order valence-electron chi connectivity index (χ3n) is 3.91. The van der Waals surface area contributed by atoms with Crippen molar-refractivity contribution in [2.45, 2.75) is 6.92 Å². The van der Waals surface area contributed by atoms with Gasteiger partial charge in [0.25, 0.3) is 0 Å². The molecular weight excluding hydrogens is 360 g/mol. The van der Waals surface area contributed by atoms with Crippen LogP contribution in [-0.2, 0) is 0 Å². The molecule has 3 aromatic rings. The molecule has 3 rings (SSSR count). The van der Waals surface area contributed by atoms with E-state index in [0.29, 0.717) is 16.8 Å². The molecule has 0 saturated heterocycles. The van der Waals surface area contributed by atoms with Crippen LogP contribution in [0.3, 0.4) is 0 Å². The molecule has 0 fully saturated rings. The maximum atomic E-state index is 6.36. The van der Waals surface area contributed by atoms with Crippen LogP contribution in [0.2, 0.25) is 5.02 Å². The van der Waals surface area contributed by atoms with E-state index in [2.05, 4.69) is 30.5 Å². The zero-order valence-corrected chi connectivity index (χ0v) is 16.5. The minimum absolute atomic E-state index is 0.559. The van der Waals surface area contributed by atoms with E-state index in [0.717, 1.165) is 35.6 Å². The number of aryl methyl sites for hydroxylation is 1. The van der Waals surface area contributed by atoms with Crippen molar-refractivity contribution >= 4 is 29.1 Å². The highest BCUT2D eigenvalue weighted by molar-refractivity contribution is 6.33. The lowest BCUT2D eigenvalue weighted by Gasteiger charge is -2.14. The fraction of sp³-hybridized carbons (Fsp3) is 0.250. The van der Waals surface area contributed by atoms with Crippen LogP contribution in [-0.4, -0.2) is 47.0 Å². The average Bonchev–Trinajstić information content (AvgIpc) is 2.64. The van der Waals surface area contributed by atoms with Gasteiger partial charge in [-0.15, -0.1) is 0 Å². The molecule has 2 N–H and O–H groups in total. The molecule has 7 heteroatoms. The number of benzene rings is 1. The van der Waals surface area contributed by atoms with Gasteiger partial charge in [0.2, 0.25) is 5.95 Å². The summed E-state index contributed by atoms with van der Waals surface area (Å²) in [7, 11) is 4.06. The van der Waals surface area contributed by atoms with Gasteiger partial charge in [-0.2, -0.15) is 4.98 Å². The SMILES string of the molecule is Cc1ccc(Nc2cc(-c3cccnc3)nc(NCCN(C)C)n2)c(Cl)c1. The van der Waals surface area contributed by atoms with Crippen LogP contribution in [0, 0.1) is 6.92 Å². The molecule has 0 spiro atoms. The normalized spacial score (nSPS) is 10.9. The highest BCUT2D eigenvalue weighted by atomic mass is 35.5. The number of halogens is 1. The van der Waals surface area contributed by atoms with Gasteiger partial charge in [0.05, 0.1) is 16.4 Å². The first-order chi connectivity index (χ1) is 13.0. The lowest BCUT2D eigenvalue weighted by Crippen LogP contribution is -2.21. The molecule has 0 unspecified atom stereocenters. The summed E-state index contributed by atoms with van der Waals surface area (Å²) >= 11 is 6.36. The Morgan fingerprint density at radius 2 is 1.96 bits per heavy atom. The molecule has 2 aromatic heterocycles. The first-order valence-electron chi connectivity index (χ1n) is 8.72. The van der Waals surface area contributed by atoms with Crippen molar-refractivity contribution < 1.29 is 0 Å². The molecule has 0 radical (unpaired) electrons. The van der Waals surface area contributed by atoms with E-state index in [1.54, 1.807) is 12.4 Å². The summed E-state index contributed by atoms with van der Waals surface area (Å²) < 4.78 is 0. The number of aromatic nitrogens is 3. The predicted molar refractivity (Wildman–Crippen MR) is 112 cm³/mol. The molecule has 0 saturated carbocycles. The summed E-state index contributed by atoms with van der Waals surface area (Å²) in [5, 5.41) is 7.23. The summed E-state index contributed by atoms with van der Waals surface area (Å²) in [4.78, 5) is 15.5. The number of likely N-dealkylation sites (N-methyl/N-ethyl adjacent to an activating group) is 1. The monoisotopic (exact) mass is 382 g/mol. The van der Waals surface area contributed by atoms with E-state index in [9.17, 15) is 0 Å². The first kappa shape index (κ1) is 19.1. The van der Waals surface area contributed by atoms with Gasteiger partial charge >= 0.3 is 0 Å². The summed E-state index contributed by atoms with van der Waals surface area (Å²) in [6.45, 7) is 3.63. The Bertz CT molecular complexity index is 898. The maximum Gasteiger partial charge on any atom is 0.225 e. The standard InChI is InChI=1S/C20H23ClN6/c1-14-6-7-17(16(21)11-14)24-19-12-18(15-5-4-8-22-13-15)25-20(26-19)23-9-10-27(2)3/h4-8,11-13H,9-10H2,1-3H3,(H2,23,24,25,26). The van der Waals surface area contributed by atoms with Gasteiger partial charge in [-0.25, -0.2) is 4.98 Å². The topological polar surface area (TPSA) is 66.0 Å². The van der Waals surface area contributed by atoms with Crippen LogP contribution >= 0.6 is 11.6 Å². The van der Waals surface area contributed by atoms with Crippen molar-refractivity contribution in [1.82, 2.24) is 19.9 Å². The summed E-state index contributed by atoms with van der Waals surface area (Å²) in [6.07, 6.45) is 3.53. The third kappa shape index (κ3) is 5.39. The van der Waals surface area contributed by atoms with Gasteiger partial charge in [-0.1, -0.05) is 17.7 Å². The first-order valence-corrected chi connectivity index (χ1v) is 9.10. The number of anilines is 3. The summed E-state index contributed by atoms with van der Waals surface area (Å²) in [5.74, 6) is 1.23. The van der Waals surface area contributed by atoms with Gasteiger partial charge < -0.3 is 15.5 Å². The third-order valence-corrected chi connectivity index (χ3v) is 4.23. The van der Waals surface area contributed by atoms with Crippen LogP contribution in [0.5, 0.6) is 0 Å². The molecule has 27 heavy (non-hydrogen) atoms. The molecule has 140 valence electrons. The van der Waals surface area contributed by atoms with Crippen molar-refractivity contribution in [3.8, 4) is 11.3 Å². The maximum absolute atomic E-state index is 6.36. The van der Waals surface area contributed by atoms with Crippen LogP contribution in [0.25, 0.3) is 11.3 Å². The number of hydrogen-bond acceptors (Lipinski definition) is 6. The molecule has 0 atom stereocenters. The summed E-state index contributed by atoms with van der Waals surface area (Å²) in [6, 6.07) is 11.6. The molecule has 0 aliphatic heterocycles. The average molecular weight is 383 g/mol. The van der Waals surface area contributed by atoms with E-state index >= 15 is 0 Å². The van der Waals surface area contributed by atoms with Crippen LogP contribution in [0.4, 0.5) is 17.5 Å². The number of nitrogens with one attached hydrogen (secondary N) is 2. The van der Waals surface area contributed by atoms with Crippen LogP contribution < -0.4 is 10.6 Å². The second kappa shape index (κ2) is 8.79. The van der Waals surface area contributed by atoms with Gasteiger partial charge in [0.1, 0.15) is 5.82 Å². The Kier molecular flexibility index (Phi) is 6.21. The second-order valence-electron chi connectivity index (χ2n) is 6.54. The molecular formula is C20H23ClN6. The quantitative estimate of drug-likeness (QED) is 0.637. The lowest BCUT2D eigenvalue weighted by atomic mass is 10.2. The number of hydrogen-bond donors (Lipinski definition) is 2. The number of pyridine rings is 1. The molecule has 0 aliphatic rings. The smallest absolute Gasteiger partial charge is 0.225 e. The van der Waals surface area contributed by atoms with Gasteiger partial charge in [0.15, 0.2) is 0 Å². The molecule has 0 bridgehead atoms. The van der Waals surface area contributed by atoms with Gasteiger partial charge in [0, 0.05) is 37.1 Å². The van der Waals surface area contributed by atoms with Crippen molar-refractivity contribution in [2.24, 2.45) is 0 Å². The molecule has 0 amide bonds. The minimum Gasteiger partial charge on any atom is -0.353 e. The molecule has 2 heterocycles. The minimum atomic E-state index is 0.559. The number of nitrogens with zero attached hydrogens (tertiary/aromatic N) is 4. The fourth-order valence-electron chi connectivity index (χ4n) is 2.50. The highest BCUT2D eigenvalue weighted by Gasteiger charge is 2.09. The van der Waals surface area contributed by atoms with Gasteiger partial charge in [-0.3, -0.25) is 4.98 Å². The van der Waals surface area contributed by atoms with Crippen molar-refractivity contribution in [2.75, 3.05) is 37.8 Å². The Morgan fingerprint density at radius 1 is 1.11 bits per heavy atom. The molecule has 0 aliphatic carbocycles. The zero-order chi connectivity index (χ0) is 19.2. The summed E-state index contributed by atoms with van der Waals surface area (Å²) in [5.41, 5.74) is 3.62. The van der Waals surface area contributed by atoms with Crippen molar-refractivity contribution in [3.05, 3.63) is 59.4 Å². The van der Waals surface area contributed by atoms with Crippen molar-refractivity contribution in [3.63, 3.8) is 0 Å². The lowest BCUT2D eigenvalue weighted by molar-refractivity contribution is 0.425. The van der Waals surface area contributed by atoms with Crippen LogP contribution in [0.15, 0.2) is 48.8 Å². The van der Waals surface area contributed by atoms with E-state index in [4.69, 9.17) is 11.6 Å². The largest absolute Gasteiger partial charge is 0.353 e. The molecule has 1 aromatic carbocycles. The Morgan fingerprint density at radius 3 is 2.67 bits per heavy atom. The Labute approximate surface area is 164 Å². The van der Waals surface area contributed by atoms with E-state index in [1.165, 1.54) is 0 Å². The van der Waals surface area contributed by atoms with E-state index < -0.39 is 0 Å². The molecule has 6 nitrogen and oxygen atoms in total. The van der Waals surface area contributed by atoms with Gasteiger partial charge in [-0.05, 0) is 50.8 Å². The van der Waals surface area contributed by atoms with E-state index in [1.807, 2.05) is 57.4 Å². The fourth-order valence-corrected chi connectivity index (χ4v) is 2.79. The van der Waals surface area contributed by atoms with E-state index in [-0.39, 0.29) is 0 Å². The van der Waals surface area contributed by atoms with Crippen LogP contribution in [0.1, 0.15) is 5.56 Å². The predicted octanol–water partition coefficient (Wildman–Crippen LogP) is 4.22. The highest BCUT2D eigenvalue weighted by Crippen LogP contribution is 2.28. The number of rotatable bonds is 7. The zero-order valence-electron chi connectivity index (χ0n) is 15.7. The second-order valence-corrected chi connectivity index (χ2v) is 6.95.